The quantitative estimate of drug-likeness (QED) is 0.827. The highest BCUT2D eigenvalue weighted by Gasteiger charge is 2.19. The number of rotatable bonds is 6. The van der Waals surface area contributed by atoms with E-state index in [0.29, 0.717) is 6.10 Å². The molecule has 1 N–H and O–H groups in total. The standard InChI is InChI=1S/C13H22N2O2/c1-2-8-15-9-7-14-13(15)12(16)6-5-11-4-3-10-17-11/h7,9,11-12,16H,2-6,8,10H2,1H3. The fourth-order valence-electron chi connectivity index (χ4n) is 2.39. The van der Waals surface area contributed by atoms with Crippen LogP contribution in [0, 0.1) is 0 Å². The Morgan fingerprint density at radius 3 is 3.24 bits per heavy atom. The van der Waals surface area contributed by atoms with Gasteiger partial charge < -0.3 is 14.4 Å². The minimum atomic E-state index is -0.458. The third kappa shape index (κ3) is 3.30. The lowest BCUT2D eigenvalue weighted by Crippen LogP contribution is -2.12. The van der Waals surface area contributed by atoms with Crippen molar-refractivity contribution in [2.45, 2.75) is 57.8 Å². The van der Waals surface area contributed by atoms with Gasteiger partial charge in [0, 0.05) is 25.5 Å². The first-order valence-electron chi connectivity index (χ1n) is 6.62. The highest BCUT2D eigenvalue weighted by molar-refractivity contribution is 4.96. The summed E-state index contributed by atoms with van der Waals surface area (Å²) < 4.78 is 7.60. The topological polar surface area (TPSA) is 47.3 Å². The second-order valence-corrected chi connectivity index (χ2v) is 4.71. The van der Waals surface area contributed by atoms with Crippen molar-refractivity contribution in [2.75, 3.05) is 6.61 Å². The molecule has 2 unspecified atom stereocenters. The Kier molecular flexibility index (Phi) is 4.57. The lowest BCUT2D eigenvalue weighted by molar-refractivity contribution is 0.0779. The van der Waals surface area contributed by atoms with E-state index in [9.17, 15) is 5.11 Å². The summed E-state index contributed by atoms with van der Waals surface area (Å²) in [5.74, 6) is 0.796. The molecule has 2 atom stereocenters. The molecule has 1 fully saturated rings. The SMILES string of the molecule is CCCn1ccnc1C(O)CCC1CCCO1. The van der Waals surface area contributed by atoms with Gasteiger partial charge in [0.15, 0.2) is 0 Å². The van der Waals surface area contributed by atoms with E-state index in [4.69, 9.17) is 4.74 Å². The van der Waals surface area contributed by atoms with E-state index in [-0.39, 0.29) is 0 Å². The molecule has 0 aromatic carbocycles. The van der Waals surface area contributed by atoms with Crippen molar-refractivity contribution in [2.24, 2.45) is 0 Å². The second-order valence-electron chi connectivity index (χ2n) is 4.71. The highest BCUT2D eigenvalue weighted by atomic mass is 16.5. The summed E-state index contributed by atoms with van der Waals surface area (Å²) in [6.07, 6.45) is 8.61. The summed E-state index contributed by atoms with van der Waals surface area (Å²) in [5, 5.41) is 10.1. The van der Waals surface area contributed by atoms with Crippen LogP contribution in [0.3, 0.4) is 0 Å². The number of hydrogen-bond acceptors (Lipinski definition) is 3. The number of aliphatic hydroxyl groups is 1. The Morgan fingerprint density at radius 1 is 1.65 bits per heavy atom. The lowest BCUT2D eigenvalue weighted by Gasteiger charge is -2.15. The molecule has 1 aromatic heterocycles. The maximum Gasteiger partial charge on any atom is 0.137 e. The summed E-state index contributed by atoms with van der Waals surface area (Å²) in [6, 6.07) is 0. The van der Waals surface area contributed by atoms with Gasteiger partial charge in [-0.05, 0) is 32.1 Å². The maximum atomic E-state index is 10.1. The molecule has 2 heterocycles. The van der Waals surface area contributed by atoms with Gasteiger partial charge in [0.2, 0.25) is 0 Å². The van der Waals surface area contributed by atoms with Crippen LogP contribution in [-0.4, -0.2) is 27.4 Å². The van der Waals surface area contributed by atoms with Gasteiger partial charge in [-0.15, -0.1) is 0 Å². The van der Waals surface area contributed by atoms with Gasteiger partial charge in [0.25, 0.3) is 0 Å². The zero-order chi connectivity index (χ0) is 12.1. The van der Waals surface area contributed by atoms with Gasteiger partial charge in [-0.2, -0.15) is 0 Å². The summed E-state index contributed by atoms with van der Waals surface area (Å²) in [7, 11) is 0. The third-order valence-electron chi connectivity index (χ3n) is 3.30. The van der Waals surface area contributed by atoms with Crippen LogP contribution in [0.2, 0.25) is 0 Å². The molecule has 1 aliphatic rings. The summed E-state index contributed by atoms with van der Waals surface area (Å²) in [6.45, 7) is 3.93. The van der Waals surface area contributed by atoms with Gasteiger partial charge in [0.05, 0.1) is 6.10 Å². The Morgan fingerprint density at radius 2 is 2.53 bits per heavy atom. The molecule has 1 saturated heterocycles. The number of imidazole rings is 1. The first kappa shape index (κ1) is 12.6. The van der Waals surface area contributed by atoms with Crippen LogP contribution < -0.4 is 0 Å². The molecule has 1 aliphatic heterocycles. The molecule has 2 rings (SSSR count). The molecule has 0 saturated carbocycles. The molecular weight excluding hydrogens is 216 g/mol. The smallest absolute Gasteiger partial charge is 0.137 e. The maximum absolute atomic E-state index is 10.1. The second kappa shape index (κ2) is 6.17. The van der Waals surface area contributed by atoms with E-state index >= 15 is 0 Å². The highest BCUT2D eigenvalue weighted by Crippen LogP contribution is 2.23. The van der Waals surface area contributed by atoms with Gasteiger partial charge >= 0.3 is 0 Å². The zero-order valence-corrected chi connectivity index (χ0v) is 10.5. The van der Waals surface area contributed by atoms with Crippen LogP contribution in [0.1, 0.15) is 51.0 Å². The molecule has 4 nitrogen and oxygen atoms in total. The van der Waals surface area contributed by atoms with Crippen LogP contribution in [0.5, 0.6) is 0 Å². The number of aliphatic hydroxyl groups excluding tert-OH is 1. The molecule has 0 radical (unpaired) electrons. The first-order valence-corrected chi connectivity index (χ1v) is 6.62. The van der Waals surface area contributed by atoms with Crippen LogP contribution >= 0.6 is 0 Å². The number of hydrogen-bond donors (Lipinski definition) is 1. The Bertz CT molecular complexity index is 332. The van der Waals surface area contributed by atoms with Crippen molar-refractivity contribution in [3.63, 3.8) is 0 Å². The summed E-state index contributed by atoms with van der Waals surface area (Å²) in [5.41, 5.74) is 0. The summed E-state index contributed by atoms with van der Waals surface area (Å²) >= 11 is 0. The third-order valence-corrected chi connectivity index (χ3v) is 3.30. The van der Waals surface area contributed by atoms with Crippen molar-refractivity contribution < 1.29 is 9.84 Å². The van der Waals surface area contributed by atoms with Crippen molar-refractivity contribution in [1.29, 1.82) is 0 Å². The molecule has 17 heavy (non-hydrogen) atoms. The largest absolute Gasteiger partial charge is 0.385 e. The predicted octanol–water partition coefficient (Wildman–Crippen LogP) is 2.29. The van der Waals surface area contributed by atoms with Crippen molar-refractivity contribution in [1.82, 2.24) is 9.55 Å². The van der Waals surface area contributed by atoms with E-state index in [1.807, 2.05) is 10.8 Å². The van der Waals surface area contributed by atoms with Gasteiger partial charge in [-0.25, -0.2) is 4.98 Å². The number of ether oxygens (including phenoxy) is 1. The predicted molar refractivity (Wildman–Crippen MR) is 65.7 cm³/mol. The van der Waals surface area contributed by atoms with Gasteiger partial charge in [-0.1, -0.05) is 6.92 Å². The van der Waals surface area contributed by atoms with E-state index in [1.165, 1.54) is 0 Å². The number of aromatic nitrogens is 2. The Hall–Kier alpha value is -0.870. The van der Waals surface area contributed by atoms with Crippen molar-refractivity contribution in [3.05, 3.63) is 18.2 Å². The van der Waals surface area contributed by atoms with E-state index < -0.39 is 6.10 Å². The lowest BCUT2D eigenvalue weighted by atomic mass is 10.1. The molecule has 0 spiro atoms. The molecule has 0 amide bonds. The normalized spacial score (nSPS) is 21.9. The molecule has 0 aliphatic carbocycles. The fraction of sp³-hybridized carbons (Fsp3) is 0.769. The molecule has 1 aromatic rings. The minimum absolute atomic E-state index is 0.347. The monoisotopic (exact) mass is 238 g/mol. The number of aryl methyl sites for hydroxylation is 1. The van der Waals surface area contributed by atoms with Crippen LogP contribution in [0.4, 0.5) is 0 Å². The molecule has 0 bridgehead atoms. The van der Waals surface area contributed by atoms with Gasteiger partial charge in [0.1, 0.15) is 11.9 Å². The average Bonchev–Trinajstić information content (AvgIpc) is 2.97. The van der Waals surface area contributed by atoms with Crippen molar-refractivity contribution in [3.8, 4) is 0 Å². The van der Waals surface area contributed by atoms with E-state index in [0.717, 1.165) is 51.1 Å². The minimum Gasteiger partial charge on any atom is -0.385 e. The molecular formula is C13H22N2O2. The van der Waals surface area contributed by atoms with Gasteiger partial charge in [-0.3, -0.25) is 0 Å². The number of nitrogens with zero attached hydrogens (tertiary/aromatic N) is 2. The van der Waals surface area contributed by atoms with Crippen LogP contribution in [0.25, 0.3) is 0 Å². The first-order chi connectivity index (χ1) is 8.31. The van der Waals surface area contributed by atoms with Crippen LogP contribution in [0.15, 0.2) is 12.4 Å². The summed E-state index contributed by atoms with van der Waals surface area (Å²) in [4.78, 5) is 4.25. The van der Waals surface area contributed by atoms with Crippen LogP contribution in [-0.2, 0) is 11.3 Å². The molecule has 4 heteroatoms. The Labute approximate surface area is 103 Å². The zero-order valence-electron chi connectivity index (χ0n) is 10.5. The average molecular weight is 238 g/mol. The van der Waals surface area contributed by atoms with E-state index in [2.05, 4.69) is 11.9 Å². The fourth-order valence-corrected chi connectivity index (χ4v) is 2.39. The molecule has 96 valence electrons. The van der Waals surface area contributed by atoms with Crippen molar-refractivity contribution >= 4 is 0 Å². The Balaban J connectivity index is 1.85. The van der Waals surface area contributed by atoms with E-state index in [1.54, 1.807) is 6.20 Å².